The van der Waals surface area contributed by atoms with Gasteiger partial charge in [-0.1, -0.05) is 18.2 Å². The van der Waals surface area contributed by atoms with Gasteiger partial charge in [0.15, 0.2) is 0 Å². The van der Waals surface area contributed by atoms with Crippen molar-refractivity contribution in [3.63, 3.8) is 0 Å². The Morgan fingerprint density at radius 3 is 2.00 bits per heavy atom. The van der Waals surface area contributed by atoms with Crippen LogP contribution in [0.2, 0.25) is 0 Å². The van der Waals surface area contributed by atoms with Crippen LogP contribution in [-0.4, -0.2) is 28.1 Å². The number of hydrogen-bond donors (Lipinski definition) is 0. The van der Waals surface area contributed by atoms with Crippen molar-refractivity contribution in [2.45, 2.75) is 52.1 Å². The third-order valence-electron chi connectivity index (χ3n) is 2.82. The molecule has 0 saturated heterocycles. The van der Waals surface area contributed by atoms with Gasteiger partial charge in [-0.15, -0.1) is 0 Å². The van der Waals surface area contributed by atoms with E-state index < -0.39 is 20.5 Å². The molecule has 0 atom stereocenters. The molecule has 0 aliphatic rings. The first-order valence-corrected chi connectivity index (χ1v) is 9.08. The summed E-state index contributed by atoms with van der Waals surface area (Å²) in [5.41, 5.74) is -0.192. The molecule has 0 heterocycles. The quantitative estimate of drug-likeness (QED) is 0.698. The third kappa shape index (κ3) is 5.72. The molecule has 0 N–H and O–H groups in total. The minimum Gasteiger partial charge on any atom is -0.377 e. The molecule has 7 heteroatoms. The van der Waals surface area contributed by atoms with Gasteiger partial charge in [0.2, 0.25) is 0 Å². The molecular formula is C15H23F3O3Si. The molecule has 22 heavy (non-hydrogen) atoms. The Morgan fingerprint density at radius 1 is 1.05 bits per heavy atom. The number of halogens is 3. The molecule has 0 unspecified atom stereocenters. The highest BCUT2D eigenvalue weighted by atomic mass is 28.4. The summed E-state index contributed by atoms with van der Waals surface area (Å²) in [6.45, 7) is 7.38. The maximum atomic E-state index is 12.8. The maximum absolute atomic E-state index is 12.8. The number of benzene rings is 1. The molecule has 0 saturated carbocycles. The molecule has 0 aromatic heterocycles. The van der Waals surface area contributed by atoms with Crippen LogP contribution in [0.25, 0.3) is 0 Å². The van der Waals surface area contributed by atoms with Crippen LogP contribution in [0.3, 0.4) is 0 Å². The van der Waals surface area contributed by atoms with Gasteiger partial charge in [0.1, 0.15) is 0 Å². The van der Waals surface area contributed by atoms with Gasteiger partial charge in [0, 0.05) is 25.4 Å². The molecule has 1 rings (SSSR count). The van der Waals surface area contributed by atoms with Crippen LogP contribution in [-0.2, 0) is 25.5 Å². The van der Waals surface area contributed by atoms with Gasteiger partial charge < -0.3 is 13.3 Å². The molecule has 1 aromatic carbocycles. The van der Waals surface area contributed by atoms with Crippen LogP contribution in [0.5, 0.6) is 0 Å². The van der Waals surface area contributed by atoms with E-state index in [2.05, 4.69) is 0 Å². The minimum atomic E-state index is -4.37. The fourth-order valence-corrected chi connectivity index (χ4v) is 4.82. The second kappa shape index (κ2) is 7.59. The van der Waals surface area contributed by atoms with E-state index in [0.717, 1.165) is 12.1 Å². The molecular weight excluding hydrogens is 313 g/mol. The lowest BCUT2D eigenvalue weighted by Crippen LogP contribution is -2.50. The van der Waals surface area contributed by atoms with Gasteiger partial charge in [-0.05, 0) is 39.3 Å². The lowest BCUT2D eigenvalue weighted by atomic mass is 10.1. The highest BCUT2D eigenvalue weighted by Crippen LogP contribution is 2.30. The molecule has 126 valence electrons. The zero-order valence-corrected chi connectivity index (χ0v) is 14.5. The molecule has 3 nitrogen and oxygen atoms in total. The molecule has 0 spiro atoms. The van der Waals surface area contributed by atoms with Crippen LogP contribution in [0.15, 0.2) is 24.3 Å². The molecule has 0 aliphatic carbocycles. The Bertz CT molecular complexity index is 465. The van der Waals surface area contributed by atoms with Crippen LogP contribution in [0.4, 0.5) is 13.2 Å². The summed E-state index contributed by atoms with van der Waals surface area (Å²) in [7, 11) is -1.61. The van der Waals surface area contributed by atoms with Crippen molar-refractivity contribution in [2.75, 3.05) is 7.11 Å². The fraction of sp³-hybridized carbons (Fsp3) is 0.600. The third-order valence-corrected chi connectivity index (χ3v) is 5.94. The van der Waals surface area contributed by atoms with Crippen molar-refractivity contribution in [3.05, 3.63) is 35.4 Å². The van der Waals surface area contributed by atoms with Gasteiger partial charge in [-0.2, -0.15) is 13.2 Å². The second-order valence-electron chi connectivity index (χ2n) is 5.60. The normalized spacial score (nSPS) is 13.2. The van der Waals surface area contributed by atoms with Crippen molar-refractivity contribution in [3.8, 4) is 0 Å². The van der Waals surface area contributed by atoms with E-state index in [9.17, 15) is 13.2 Å². The topological polar surface area (TPSA) is 27.7 Å². The summed E-state index contributed by atoms with van der Waals surface area (Å²) in [4.78, 5) is 0. The monoisotopic (exact) mass is 336 g/mol. The van der Waals surface area contributed by atoms with E-state index in [0.29, 0.717) is 5.56 Å². The highest BCUT2D eigenvalue weighted by molar-refractivity contribution is 6.60. The fourth-order valence-electron chi connectivity index (χ4n) is 2.11. The first kappa shape index (κ1) is 19.2. The van der Waals surface area contributed by atoms with Gasteiger partial charge >= 0.3 is 15.0 Å². The van der Waals surface area contributed by atoms with Crippen LogP contribution < -0.4 is 0 Å². The van der Waals surface area contributed by atoms with Gasteiger partial charge in [-0.25, -0.2) is 0 Å². The summed E-state index contributed by atoms with van der Waals surface area (Å²) >= 11 is 0. The lowest BCUT2D eigenvalue weighted by molar-refractivity contribution is -0.137. The zero-order valence-electron chi connectivity index (χ0n) is 13.5. The number of hydrogen-bond acceptors (Lipinski definition) is 3. The first-order chi connectivity index (χ1) is 10.1. The first-order valence-electron chi connectivity index (χ1n) is 7.15. The minimum absolute atomic E-state index is 0.142. The largest absolute Gasteiger partial charge is 0.505 e. The predicted molar refractivity (Wildman–Crippen MR) is 80.4 cm³/mol. The Labute approximate surface area is 130 Å². The molecule has 0 amide bonds. The van der Waals surface area contributed by atoms with Gasteiger partial charge in [-0.3, -0.25) is 0 Å². The highest BCUT2D eigenvalue weighted by Gasteiger charge is 2.43. The molecule has 0 bridgehead atoms. The zero-order chi connectivity index (χ0) is 17.0. The van der Waals surface area contributed by atoms with E-state index >= 15 is 0 Å². The van der Waals surface area contributed by atoms with Gasteiger partial charge in [0.05, 0.1) is 5.56 Å². The molecule has 0 aliphatic heterocycles. The SMILES string of the molecule is CO[Si](Cc1cccc(C(F)(F)F)c1)(OC(C)C)OC(C)C. The van der Waals surface area contributed by atoms with Crippen molar-refractivity contribution in [1.29, 1.82) is 0 Å². The van der Waals surface area contributed by atoms with Crippen molar-refractivity contribution in [1.82, 2.24) is 0 Å². The van der Waals surface area contributed by atoms with E-state index in [-0.39, 0.29) is 18.3 Å². The van der Waals surface area contributed by atoms with E-state index in [1.54, 1.807) is 6.07 Å². The van der Waals surface area contributed by atoms with Crippen LogP contribution in [0, 0.1) is 0 Å². The summed E-state index contributed by atoms with van der Waals surface area (Å²) in [6, 6.07) is 5.38. The van der Waals surface area contributed by atoms with Crippen molar-refractivity contribution >= 4 is 8.80 Å². The van der Waals surface area contributed by atoms with Crippen LogP contribution in [0.1, 0.15) is 38.8 Å². The summed E-state index contributed by atoms with van der Waals surface area (Å²) < 4.78 is 55.6. The van der Waals surface area contributed by atoms with E-state index in [4.69, 9.17) is 13.3 Å². The van der Waals surface area contributed by atoms with E-state index in [1.165, 1.54) is 13.2 Å². The van der Waals surface area contributed by atoms with Gasteiger partial charge in [0.25, 0.3) is 0 Å². The summed E-state index contributed by atoms with van der Waals surface area (Å²) in [5, 5.41) is 0. The standard InChI is InChI=1S/C15H23F3O3Si/c1-11(2)20-22(19-5,21-12(3)4)10-13-7-6-8-14(9-13)15(16,17)18/h6-9,11-12H,10H2,1-5H3. The second-order valence-corrected chi connectivity index (χ2v) is 8.19. The average Bonchev–Trinajstić information content (AvgIpc) is 2.36. The van der Waals surface area contributed by atoms with E-state index in [1.807, 2.05) is 27.7 Å². The van der Waals surface area contributed by atoms with Crippen LogP contribution >= 0.6 is 0 Å². The predicted octanol–water partition coefficient (Wildman–Crippen LogP) is 4.22. The number of alkyl halides is 3. The molecule has 0 radical (unpaired) electrons. The van der Waals surface area contributed by atoms with Crippen molar-refractivity contribution in [2.24, 2.45) is 0 Å². The smallest absolute Gasteiger partial charge is 0.377 e. The lowest BCUT2D eigenvalue weighted by Gasteiger charge is -2.32. The Balaban J connectivity index is 3.08. The molecule has 0 fully saturated rings. The Hall–Kier alpha value is -0.893. The van der Waals surface area contributed by atoms with Crippen molar-refractivity contribution < 1.29 is 26.4 Å². The average molecular weight is 336 g/mol. The Kier molecular flexibility index (Phi) is 6.60. The molecule has 1 aromatic rings. The maximum Gasteiger partial charge on any atom is 0.505 e. The Morgan fingerprint density at radius 2 is 1.59 bits per heavy atom. The number of rotatable bonds is 7. The summed E-state index contributed by atoms with van der Waals surface area (Å²) in [6.07, 6.45) is -4.65. The summed E-state index contributed by atoms with van der Waals surface area (Å²) in [5.74, 6) is 0.